The normalized spacial score (nSPS) is 9.95. The van der Waals surface area contributed by atoms with Crippen LogP contribution in [-0.4, -0.2) is 24.0 Å². The summed E-state index contributed by atoms with van der Waals surface area (Å²) >= 11 is 0. The molecule has 0 aliphatic heterocycles. The lowest BCUT2D eigenvalue weighted by Crippen LogP contribution is -2.10. The van der Waals surface area contributed by atoms with Crippen LogP contribution in [0.3, 0.4) is 0 Å². The zero-order valence-corrected chi connectivity index (χ0v) is 10.3. The van der Waals surface area contributed by atoms with Crippen molar-refractivity contribution in [2.24, 2.45) is 5.73 Å². The molecule has 1 amide bonds. The van der Waals surface area contributed by atoms with Gasteiger partial charge < -0.3 is 10.5 Å². The second kappa shape index (κ2) is 5.30. The summed E-state index contributed by atoms with van der Waals surface area (Å²) in [4.78, 5) is 26.4. The van der Waals surface area contributed by atoms with Crippen LogP contribution in [0.25, 0.3) is 11.1 Å². The number of aromatic nitrogens is 1. The predicted octanol–water partition coefficient (Wildman–Crippen LogP) is 1.63. The van der Waals surface area contributed by atoms with Gasteiger partial charge in [0.2, 0.25) is 5.91 Å². The zero-order chi connectivity index (χ0) is 13.8. The van der Waals surface area contributed by atoms with E-state index in [1.54, 1.807) is 36.5 Å². The molecule has 0 fully saturated rings. The average molecular weight is 256 g/mol. The van der Waals surface area contributed by atoms with Gasteiger partial charge >= 0.3 is 5.97 Å². The molecule has 96 valence electrons. The Labute approximate surface area is 110 Å². The molecule has 0 unspecified atom stereocenters. The third-order valence-corrected chi connectivity index (χ3v) is 2.64. The minimum absolute atomic E-state index is 0.234. The van der Waals surface area contributed by atoms with Crippen LogP contribution in [0.4, 0.5) is 0 Å². The van der Waals surface area contributed by atoms with Crippen LogP contribution in [0.2, 0.25) is 0 Å². The smallest absolute Gasteiger partial charge is 0.356 e. The van der Waals surface area contributed by atoms with Gasteiger partial charge in [-0.1, -0.05) is 18.2 Å². The molecule has 2 aromatic rings. The van der Waals surface area contributed by atoms with E-state index < -0.39 is 11.9 Å². The fraction of sp³-hybridized carbons (Fsp3) is 0.0714. The van der Waals surface area contributed by atoms with Crippen molar-refractivity contribution in [2.45, 2.75) is 0 Å². The molecule has 0 atom stereocenters. The summed E-state index contributed by atoms with van der Waals surface area (Å²) in [6.07, 6.45) is 1.55. The number of carbonyl (C=O) groups excluding carboxylic acids is 2. The van der Waals surface area contributed by atoms with Crippen molar-refractivity contribution in [3.8, 4) is 11.1 Å². The maximum Gasteiger partial charge on any atom is 0.356 e. The Balaban J connectivity index is 2.34. The number of carbonyl (C=O) groups is 2. The SMILES string of the molecule is COC(=O)c1ccc(-c2cccc(C(N)=O)c2)cn1. The van der Waals surface area contributed by atoms with Gasteiger partial charge in [-0.15, -0.1) is 0 Å². The van der Waals surface area contributed by atoms with E-state index in [-0.39, 0.29) is 5.69 Å². The first kappa shape index (κ1) is 12.8. The Morgan fingerprint density at radius 3 is 2.53 bits per heavy atom. The minimum Gasteiger partial charge on any atom is -0.464 e. The predicted molar refractivity (Wildman–Crippen MR) is 69.5 cm³/mol. The fourth-order valence-corrected chi connectivity index (χ4v) is 1.64. The van der Waals surface area contributed by atoms with E-state index >= 15 is 0 Å². The second-order valence-corrected chi connectivity index (χ2v) is 3.87. The minimum atomic E-state index is -0.488. The van der Waals surface area contributed by atoms with Gasteiger partial charge in [0.25, 0.3) is 0 Å². The van der Waals surface area contributed by atoms with Crippen LogP contribution in [0, 0.1) is 0 Å². The summed E-state index contributed by atoms with van der Waals surface area (Å²) < 4.78 is 4.57. The Morgan fingerprint density at radius 2 is 1.95 bits per heavy atom. The summed E-state index contributed by atoms with van der Waals surface area (Å²) in [5.41, 5.74) is 7.48. The van der Waals surface area contributed by atoms with Crippen LogP contribution in [0.15, 0.2) is 42.6 Å². The van der Waals surface area contributed by atoms with Gasteiger partial charge in [-0.3, -0.25) is 4.79 Å². The highest BCUT2D eigenvalue weighted by molar-refractivity contribution is 5.94. The number of methoxy groups -OCH3 is 1. The molecule has 1 aromatic heterocycles. The first-order valence-electron chi connectivity index (χ1n) is 5.56. The Kier molecular flexibility index (Phi) is 3.56. The van der Waals surface area contributed by atoms with Crippen LogP contribution in [0.5, 0.6) is 0 Å². The third kappa shape index (κ3) is 2.77. The van der Waals surface area contributed by atoms with E-state index in [0.29, 0.717) is 5.56 Å². The van der Waals surface area contributed by atoms with Crippen LogP contribution < -0.4 is 5.73 Å². The largest absolute Gasteiger partial charge is 0.464 e. The van der Waals surface area contributed by atoms with E-state index in [1.165, 1.54) is 7.11 Å². The van der Waals surface area contributed by atoms with Crippen molar-refractivity contribution in [1.29, 1.82) is 0 Å². The molecule has 1 aromatic carbocycles. The van der Waals surface area contributed by atoms with Crippen LogP contribution in [-0.2, 0) is 4.74 Å². The molecule has 0 bridgehead atoms. The summed E-state index contributed by atoms with van der Waals surface area (Å²) in [6, 6.07) is 10.2. The number of hydrogen-bond acceptors (Lipinski definition) is 4. The Hall–Kier alpha value is -2.69. The molecule has 5 heteroatoms. The first-order chi connectivity index (χ1) is 9.11. The molecule has 2 rings (SSSR count). The summed E-state index contributed by atoms with van der Waals surface area (Å²) in [7, 11) is 1.30. The topological polar surface area (TPSA) is 82.3 Å². The number of rotatable bonds is 3. The highest BCUT2D eigenvalue weighted by atomic mass is 16.5. The molecule has 5 nitrogen and oxygen atoms in total. The molecule has 0 saturated carbocycles. The number of hydrogen-bond donors (Lipinski definition) is 1. The molecule has 0 spiro atoms. The van der Waals surface area contributed by atoms with Gasteiger partial charge in [-0.2, -0.15) is 0 Å². The molecule has 0 saturated heterocycles. The van der Waals surface area contributed by atoms with Gasteiger partial charge in [0.05, 0.1) is 7.11 Å². The van der Waals surface area contributed by atoms with Gasteiger partial charge in [0.15, 0.2) is 0 Å². The van der Waals surface area contributed by atoms with Gasteiger partial charge in [0.1, 0.15) is 5.69 Å². The quantitative estimate of drug-likeness (QED) is 0.846. The van der Waals surface area contributed by atoms with Crippen molar-refractivity contribution in [3.63, 3.8) is 0 Å². The summed E-state index contributed by atoms with van der Waals surface area (Å²) in [5.74, 6) is -0.974. The number of ether oxygens (including phenoxy) is 1. The van der Waals surface area contributed by atoms with E-state index in [0.717, 1.165) is 11.1 Å². The number of benzene rings is 1. The molecule has 1 heterocycles. The molecule has 0 radical (unpaired) electrons. The van der Waals surface area contributed by atoms with Crippen LogP contribution in [0.1, 0.15) is 20.8 Å². The zero-order valence-electron chi connectivity index (χ0n) is 10.3. The molecule has 0 aliphatic carbocycles. The van der Waals surface area contributed by atoms with Crippen molar-refractivity contribution in [1.82, 2.24) is 4.98 Å². The van der Waals surface area contributed by atoms with Crippen molar-refractivity contribution < 1.29 is 14.3 Å². The molecule has 0 aliphatic rings. The number of nitrogens with two attached hydrogens (primary N) is 1. The first-order valence-corrected chi connectivity index (χ1v) is 5.56. The van der Waals surface area contributed by atoms with E-state index in [1.807, 2.05) is 6.07 Å². The van der Waals surface area contributed by atoms with E-state index in [2.05, 4.69) is 9.72 Å². The number of primary amides is 1. The van der Waals surface area contributed by atoms with Crippen molar-refractivity contribution in [2.75, 3.05) is 7.11 Å². The second-order valence-electron chi connectivity index (χ2n) is 3.87. The lowest BCUT2D eigenvalue weighted by Gasteiger charge is -2.04. The monoisotopic (exact) mass is 256 g/mol. The lowest BCUT2D eigenvalue weighted by atomic mass is 10.0. The number of amides is 1. The van der Waals surface area contributed by atoms with Crippen molar-refractivity contribution >= 4 is 11.9 Å². The highest BCUT2D eigenvalue weighted by Crippen LogP contribution is 2.19. The highest BCUT2D eigenvalue weighted by Gasteiger charge is 2.08. The maximum atomic E-state index is 11.3. The number of nitrogens with zero attached hydrogens (tertiary/aromatic N) is 1. The fourth-order valence-electron chi connectivity index (χ4n) is 1.64. The molecular formula is C14H12N2O3. The third-order valence-electron chi connectivity index (χ3n) is 2.64. The van der Waals surface area contributed by atoms with Gasteiger partial charge in [-0.05, 0) is 23.8 Å². The van der Waals surface area contributed by atoms with Gasteiger partial charge in [-0.25, -0.2) is 9.78 Å². The van der Waals surface area contributed by atoms with E-state index in [9.17, 15) is 9.59 Å². The lowest BCUT2D eigenvalue weighted by molar-refractivity contribution is 0.0594. The van der Waals surface area contributed by atoms with E-state index in [4.69, 9.17) is 5.73 Å². The summed E-state index contributed by atoms with van der Waals surface area (Å²) in [6.45, 7) is 0. The average Bonchev–Trinajstić information content (AvgIpc) is 2.46. The molecule has 2 N–H and O–H groups in total. The Morgan fingerprint density at radius 1 is 1.16 bits per heavy atom. The number of pyridine rings is 1. The maximum absolute atomic E-state index is 11.3. The standard InChI is InChI=1S/C14H12N2O3/c1-19-14(18)12-6-5-11(8-16-12)9-3-2-4-10(7-9)13(15)17/h2-8H,1H3,(H2,15,17). The van der Waals surface area contributed by atoms with Gasteiger partial charge in [0, 0.05) is 17.3 Å². The Bertz CT molecular complexity index is 621. The number of esters is 1. The molecule has 19 heavy (non-hydrogen) atoms. The van der Waals surface area contributed by atoms with Crippen molar-refractivity contribution in [3.05, 3.63) is 53.9 Å². The molecular weight excluding hydrogens is 244 g/mol. The van der Waals surface area contributed by atoms with Crippen LogP contribution >= 0.6 is 0 Å². The summed E-state index contributed by atoms with van der Waals surface area (Å²) in [5, 5.41) is 0.